The molecule has 2 aromatic carbocycles. The van der Waals surface area contributed by atoms with E-state index in [9.17, 15) is 0 Å². The lowest BCUT2D eigenvalue weighted by atomic mass is 10.1. The van der Waals surface area contributed by atoms with Crippen LogP contribution in [0.2, 0.25) is 0 Å². The first kappa shape index (κ1) is 14.1. The predicted octanol–water partition coefficient (Wildman–Crippen LogP) is 5.13. The van der Waals surface area contributed by atoms with E-state index in [0.717, 1.165) is 27.6 Å². The molecule has 0 aliphatic rings. The topological polar surface area (TPSA) is 22.1 Å². The van der Waals surface area contributed by atoms with Crippen LogP contribution in [0.1, 0.15) is 11.3 Å². The molecule has 4 heteroatoms. The molecular weight excluding hydrogens is 302 g/mol. The van der Waals surface area contributed by atoms with Gasteiger partial charge in [0.2, 0.25) is 0 Å². The van der Waals surface area contributed by atoms with Crippen LogP contribution in [0.5, 0.6) is 5.75 Å². The third kappa shape index (κ3) is 3.63. The van der Waals surface area contributed by atoms with Gasteiger partial charge in [-0.05, 0) is 17.7 Å². The van der Waals surface area contributed by atoms with E-state index in [-0.39, 0.29) is 0 Å². The van der Waals surface area contributed by atoms with Crippen molar-refractivity contribution >= 4 is 22.9 Å². The minimum atomic E-state index is 0.458. The Bertz CT molecular complexity index is 694. The van der Waals surface area contributed by atoms with E-state index in [0.29, 0.717) is 12.5 Å². The number of halogens is 1. The van der Waals surface area contributed by atoms with Gasteiger partial charge in [0.05, 0.1) is 11.6 Å². The van der Waals surface area contributed by atoms with Gasteiger partial charge in [-0.25, -0.2) is 4.98 Å². The molecule has 1 aromatic heterocycles. The van der Waals surface area contributed by atoms with Crippen molar-refractivity contribution < 1.29 is 4.74 Å². The summed E-state index contributed by atoms with van der Waals surface area (Å²) in [5.41, 5.74) is 3.17. The van der Waals surface area contributed by atoms with E-state index in [2.05, 4.69) is 29.2 Å². The molecule has 106 valence electrons. The standard InChI is InChI=1S/C17H14ClNOS/c18-10-15-12-21-17(19-15)14-8-6-13(7-9-14)11-20-16-4-2-1-3-5-16/h1-9,12H,10-11H2. The number of hydrogen-bond acceptors (Lipinski definition) is 3. The molecule has 0 bridgehead atoms. The van der Waals surface area contributed by atoms with Gasteiger partial charge in [0.15, 0.2) is 0 Å². The molecule has 0 amide bonds. The van der Waals surface area contributed by atoms with Gasteiger partial charge in [0.25, 0.3) is 0 Å². The molecule has 0 unspecified atom stereocenters. The number of para-hydroxylation sites is 1. The van der Waals surface area contributed by atoms with Crippen LogP contribution < -0.4 is 4.74 Å². The van der Waals surface area contributed by atoms with Crippen molar-refractivity contribution in [1.82, 2.24) is 4.98 Å². The molecule has 0 aliphatic carbocycles. The number of rotatable bonds is 5. The lowest BCUT2D eigenvalue weighted by molar-refractivity contribution is 0.306. The first-order chi connectivity index (χ1) is 10.3. The number of thiazole rings is 1. The predicted molar refractivity (Wildman–Crippen MR) is 87.9 cm³/mol. The third-order valence-corrected chi connectivity index (χ3v) is 4.25. The largest absolute Gasteiger partial charge is 0.489 e. The second-order valence-electron chi connectivity index (χ2n) is 4.58. The molecule has 0 spiro atoms. The van der Waals surface area contributed by atoms with Gasteiger partial charge >= 0.3 is 0 Å². The van der Waals surface area contributed by atoms with Gasteiger partial charge < -0.3 is 4.74 Å². The normalized spacial score (nSPS) is 10.5. The third-order valence-electron chi connectivity index (χ3n) is 3.04. The molecule has 1 heterocycles. The summed E-state index contributed by atoms with van der Waals surface area (Å²) in [6, 6.07) is 18.1. The first-order valence-corrected chi connectivity index (χ1v) is 8.04. The number of nitrogens with zero attached hydrogens (tertiary/aromatic N) is 1. The highest BCUT2D eigenvalue weighted by molar-refractivity contribution is 7.13. The lowest BCUT2D eigenvalue weighted by Crippen LogP contribution is -1.94. The Balaban J connectivity index is 1.66. The molecular formula is C17H14ClNOS. The van der Waals surface area contributed by atoms with Crippen LogP contribution in [0.15, 0.2) is 60.0 Å². The van der Waals surface area contributed by atoms with Crippen LogP contribution in [0, 0.1) is 0 Å². The number of alkyl halides is 1. The zero-order chi connectivity index (χ0) is 14.5. The summed E-state index contributed by atoms with van der Waals surface area (Å²) in [7, 11) is 0. The smallest absolute Gasteiger partial charge is 0.123 e. The van der Waals surface area contributed by atoms with E-state index in [1.807, 2.05) is 35.7 Å². The highest BCUT2D eigenvalue weighted by Gasteiger charge is 2.04. The van der Waals surface area contributed by atoms with Gasteiger partial charge in [-0.3, -0.25) is 0 Å². The van der Waals surface area contributed by atoms with Gasteiger partial charge in [-0.2, -0.15) is 0 Å². The second kappa shape index (κ2) is 6.74. The maximum atomic E-state index is 5.78. The van der Waals surface area contributed by atoms with Gasteiger partial charge in [0, 0.05) is 10.9 Å². The number of aromatic nitrogens is 1. The molecule has 2 nitrogen and oxygen atoms in total. The molecule has 3 aromatic rings. The Labute approximate surface area is 133 Å². The van der Waals surface area contributed by atoms with Crippen LogP contribution in [0.25, 0.3) is 10.6 Å². The van der Waals surface area contributed by atoms with E-state index < -0.39 is 0 Å². The Hall–Kier alpha value is -1.84. The molecule has 0 radical (unpaired) electrons. The van der Waals surface area contributed by atoms with Crippen molar-refractivity contribution in [2.45, 2.75) is 12.5 Å². The molecule has 0 N–H and O–H groups in total. The van der Waals surface area contributed by atoms with Gasteiger partial charge in [0.1, 0.15) is 17.4 Å². The van der Waals surface area contributed by atoms with Crippen LogP contribution >= 0.6 is 22.9 Å². The maximum Gasteiger partial charge on any atom is 0.123 e. The van der Waals surface area contributed by atoms with Crippen molar-refractivity contribution in [2.24, 2.45) is 0 Å². The lowest BCUT2D eigenvalue weighted by Gasteiger charge is -2.06. The Morgan fingerprint density at radius 3 is 2.43 bits per heavy atom. The molecule has 0 atom stereocenters. The minimum absolute atomic E-state index is 0.458. The summed E-state index contributed by atoms with van der Waals surface area (Å²) >= 11 is 7.40. The van der Waals surface area contributed by atoms with E-state index in [1.54, 1.807) is 11.3 Å². The summed E-state index contributed by atoms with van der Waals surface area (Å²) in [6.45, 7) is 0.565. The average molecular weight is 316 g/mol. The number of ether oxygens (including phenoxy) is 1. The van der Waals surface area contributed by atoms with Crippen molar-refractivity contribution in [1.29, 1.82) is 0 Å². The van der Waals surface area contributed by atoms with Crippen LogP contribution in [0.4, 0.5) is 0 Å². The fourth-order valence-electron chi connectivity index (χ4n) is 1.93. The summed E-state index contributed by atoms with van der Waals surface area (Å²) in [5, 5.41) is 3.00. The minimum Gasteiger partial charge on any atom is -0.489 e. The van der Waals surface area contributed by atoms with Gasteiger partial charge in [-0.15, -0.1) is 22.9 Å². The summed E-state index contributed by atoms with van der Waals surface area (Å²) in [5.74, 6) is 1.34. The molecule has 3 rings (SSSR count). The fraction of sp³-hybridized carbons (Fsp3) is 0.118. The van der Waals surface area contributed by atoms with E-state index in [1.165, 1.54) is 0 Å². The molecule has 0 saturated heterocycles. The van der Waals surface area contributed by atoms with E-state index in [4.69, 9.17) is 16.3 Å². The zero-order valence-corrected chi connectivity index (χ0v) is 12.9. The monoisotopic (exact) mass is 315 g/mol. The summed E-state index contributed by atoms with van der Waals surface area (Å²) in [4.78, 5) is 4.48. The van der Waals surface area contributed by atoms with Crippen molar-refractivity contribution in [3.05, 3.63) is 71.2 Å². The summed E-state index contributed by atoms with van der Waals surface area (Å²) < 4.78 is 5.73. The van der Waals surface area contributed by atoms with Crippen molar-refractivity contribution in [3.63, 3.8) is 0 Å². The maximum absolute atomic E-state index is 5.78. The highest BCUT2D eigenvalue weighted by Crippen LogP contribution is 2.25. The molecule has 21 heavy (non-hydrogen) atoms. The summed E-state index contributed by atoms with van der Waals surface area (Å²) in [6.07, 6.45) is 0. The Kier molecular flexibility index (Phi) is 4.53. The second-order valence-corrected chi connectivity index (χ2v) is 5.70. The zero-order valence-electron chi connectivity index (χ0n) is 11.3. The number of benzene rings is 2. The van der Waals surface area contributed by atoms with E-state index >= 15 is 0 Å². The molecule has 0 saturated carbocycles. The Morgan fingerprint density at radius 2 is 1.76 bits per heavy atom. The average Bonchev–Trinajstić information content (AvgIpc) is 3.03. The fourth-order valence-corrected chi connectivity index (χ4v) is 2.98. The van der Waals surface area contributed by atoms with Crippen LogP contribution in [-0.4, -0.2) is 4.98 Å². The van der Waals surface area contributed by atoms with Crippen LogP contribution in [0.3, 0.4) is 0 Å². The van der Waals surface area contributed by atoms with Gasteiger partial charge in [-0.1, -0.05) is 42.5 Å². The highest BCUT2D eigenvalue weighted by atomic mass is 35.5. The van der Waals surface area contributed by atoms with Crippen molar-refractivity contribution in [2.75, 3.05) is 0 Å². The number of hydrogen-bond donors (Lipinski definition) is 0. The van der Waals surface area contributed by atoms with Crippen molar-refractivity contribution in [3.8, 4) is 16.3 Å². The Morgan fingerprint density at radius 1 is 1.00 bits per heavy atom. The quantitative estimate of drug-likeness (QED) is 0.609. The SMILES string of the molecule is ClCc1csc(-c2ccc(COc3ccccc3)cc2)n1. The molecule has 0 fully saturated rings. The van der Waals surface area contributed by atoms with Crippen LogP contribution in [-0.2, 0) is 12.5 Å². The first-order valence-electron chi connectivity index (χ1n) is 6.62. The molecule has 0 aliphatic heterocycles.